The van der Waals surface area contributed by atoms with Gasteiger partial charge in [-0.05, 0) is 37.3 Å². The van der Waals surface area contributed by atoms with Gasteiger partial charge in [-0.1, -0.05) is 18.5 Å². The van der Waals surface area contributed by atoms with E-state index in [9.17, 15) is 4.79 Å². The van der Waals surface area contributed by atoms with Gasteiger partial charge < -0.3 is 15.0 Å². The summed E-state index contributed by atoms with van der Waals surface area (Å²) in [6.07, 6.45) is 3.70. The molecule has 0 atom stereocenters. The Morgan fingerprint density at radius 1 is 1.27 bits per heavy atom. The van der Waals surface area contributed by atoms with Gasteiger partial charge in [0.25, 0.3) is 5.91 Å². The maximum absolute atomic E-state index is 12.7. The molecule has 2 aromatic rings. The fraction of sp³-hybridized carbons (Fsp3) is 0.421. The van der Waals surface area contributed by atoms with Gasteiger partial charge in [-0.3, -0.25) is 4.79 Å². The van der Waals surface area contributed by atoms with Crippen molar-refractivity contribution in [3.8, 4) is 5.75 Å². The van der Waals surface area contributed by atoms with Crippen molar-refractivity contribution in [3.63, 3.8) is 0 Å². The van der Waals surface area contributed by atoms with Crippen LogP contribution >= 0.6 is 11.6 Å². The predicted molar refractivity (Wildman–Crippen MR) is 103 cm³/mol. The molecule has 1 saturated heterocycles. The second-order valence-corrected chi connectivity index (χ2v) is 7.09. The average molecular weight is 375 g/mol. The number of amides is 1. The SMILES string of the molecule is COc1cc(Cl)c(C)cc1NC(=O)c1cc(N2CCC(C)CC2)ncn1. The third-order valence-electron chi connectivity index (χ3n) is 4.72. The van der Waals surface area contributed by atoms with Crippen molar-refractivity contribution in [3.05, 3.63) is 40.8 Å². The molecule has 26 heavy (non-hydrogen) atoms. The molecule has 6 nitrogen and oxygen atoms in total. The molecule has 1 aliphatic rings. The van der Waals surface area contributed by atoms with Crippen LogP contribution in [0.15, 0.2) is 24.5 Å². The molecule has 0 bridgehead atoms. The Hall–Kier alpha value is -2.34. The predicted octanol–water partition coefficient (Wildman–Crippen LogP) is 3.94. The van der Waals surface area contributed by atoms with Gasteiger partial charge >= 0.3 is 0 Å². The monoisotopic (exact) mass is 374 g/mol. The van der Waals surface area contributed by atoms with E-state index in [-0.39, 0.29) is 5.91 Å². The minimum Gasteiger partial charge on any atom is -0.495 e. The van der Waals surface area contributed by atoms with Crippen molar-refractivity contribution in [1.29, 1.82) is 0 Å². The molecule has 0 unspecified atom stereocenters. The number of methoxy groups -OCH3 is 1. The number of ether oxygens (including phenoxy) is 1. The summed E-state index contributed by atoms with van der Waals surface area (Å²) in [6.45, 7) is 6.03. The third-order valence-corrected chi connectivity index (χ3v) is 5.13. The average Bonchev–Trinajstić information content (AvgIpc) is 2.65. The molecule has 2 heterocycles. The van der Waals surface area contributed by atoms with Crippen molar-refractivity contribution >= 4 is 29.0 Å². The number of benzene rings is 1. The molecule has 3 rings (SSSR count). The van der Waals surface area contributed by atoms with Crippen LogP contribution < -0.4 is 15.0 Å². The molecular formula is C19H23ClN4O2. The summed E-state index contributed by atoms with van der Waals surface area (Å²) in [5, 5.41) is 3.44. The zero-order valence-corrected chi connectivity index (χ0v) is 16.0. The molecular weight excluding hydrogens is 352 g/mol. The smallest absolute Gasteiger partial charge is 0.274 e. The first-order valence-corrected chi connectivity index (χ1v) is 9.08. The molecule has 0 spiro atoms. The zero-order chi connectivity index (χ0) is 18.7. The van der Waals surface area contributed by atoms with Crippen LogP contribution in [0.3, 0.4) is 0 Å². The van der Waals surface area contributed by atoms with Gasteiger partial charge in [-0.25, -0.2) is 9.97 Å². The van der Waals surface area contributed by atoms with Crippen LogP contribution in [-0.4, -0.2) is 36.1 Å². The van der Waals surface area contributed by atoms with E-state index in [0.29, 0.717) is 22.2 Å². The number of anilines is 2. The number of aryl methyl sites for hydroxylation is 1. The standard InChI is InChI=1S/C19H23ClN4O2/c1-12-4-6-24(7-5-12)18-10-16(21-11-22-18)19(25)23-15-8-13(2)14(20)9-17(15)26-3/h8-12H,4-7H2,1-3H3,(H,23,25). The lowest BCUT2D eigenvalue weighted by Crippen LogP contribution is -2.33. The van der Waals surface area contributed by atoms with Crippen molar-refractivity contribution in [1.82, 2.24) is 9.97 Å². The van der Waals surface area contributed by atoms with E-state index >= 15 is 0 Å². The Kier molecular flexibility index (Phi) is 5.61. The number of aromatic nitrogens is 2. The second kappa shape index (κ2) is 7.91. The summed E-state index contributed by atoms with van der Waals surface area (Å²) in [5.41, 5.74) is 1.74. The molecule has 0 radical (unpaired) electrons. The first kappa shape index (κ1) is 18.5. The fourth-order valence-electron chi connectivity index (χ4n) is 3.00. The molecule has 7 heteroatoms. The van der Waals surface area contributed by atoms with Gasteiger partial charge in [-0.2, -0.15) is 0 Å². The normalized spacial score (nSPS) is 15.0. The van der Waals surface area contributed by atoms with Crippen LogP contribution in [0.25, 0.3) is 0 Å². The van der Waals surface area contributed by atoms with Crippen LogP contribution in [0.5, 0.6) is 5.75 Å². The van der Waals surface area contributed by atoms with Crippen molar-refractivity contribution in [2.24, 2.45) is 5.92 Å². The Morgan fingerprint density at radius 3 is 2.69 bits per heavy atom. The van der Waals surface area contributed by atoms with Gasteiger partial charge in [0.15, 0.2) is 0 Å². The number of carbonyl (C=O) groups excluding carboxylic acids is 1. The van der Waals surface area contributed by atoms with Crippen LogP contribution in [-0.2, 0) is 0 Å². The number of nitrogens with one attached hydrogen (secondary N) is 1. The highest BCUT2D eigenvalue weighted by atomic mass is 35.5. The first-order chi connectivity index (χ1) is 12.5. The molecule has 0 saturated carbocycles. The van der Waals surface area contributed by atoms with E-state index in [4.69, 9.17) is 16.3 Å². The van der Waals surface area contributed by atoms with Gasteiger partial charge in [0.1, 0.15) is 23.6 Å². The first-order valence-electron chi connectivity index (χ1n) is 8.70. The topological polar surface area (TPSA) is 67.3 Å². The van der Waals surface area contributed by atoms with Crippen molar-refractivity contribution in [2.75, 3.05) is 30.4 Å². The second-order valence-electron chi connectivity index (χ2n) is 6.69. The summed E-state index contributed by atoms with van der Waals surface area (Å²) in [7, 11) is 1.54. The third kappa shape index (κ3) is 4.07. The molecule has 1 fully saturated rings. The van der Waals surface area contributed by atoms with Gasteiger partial charge in [-0.15, -0.1) is 0 Å². The van der Waals surface area contributed by atoms with Crippen molar-refractivity contribution in [2.45, 2.75) is 26.7 Å². The van der Waals surface area contributed by atoms with E-state index in [0.717, 1.165) is 43.2 Å². The van der Waals surface area contributed by atoms with E-state index in [1.54, 1.807) is 18.2 Å². The lowest BCUT2D eigenvalue weighted by molar-refractivity contribution is 0.102. The lowest BCUT2D eigenvalue weighted by Gasteiger charge is -2.31. The summed E-state index contributed by atoms with van der Waals surface area (Å²) in [5.74, 6) is 1.72. The summed E-state index contributed by atoms with van der Waals surface area (Å²) >= 11 is 6.12. The number of hydrogen-bond acceptors (Lipinski definition) is 5. The highest BCUT2D eigenvalue weighted by Crippen LogP contribution is 2.31. The Balaban J connectivity index is 1.78. The van der Waals surface area contributed by atoms with Gasteiger partial charge in [0.05, 0.1) is 12.8 Å². The van der Waals surface area contributed by atoms with Crippen LogP contribution in [0.1, 0.15) is 35.8 Å². The maximum Gasteiger partial charge on any atom is 0.274 e. The number of piperidine rings is 1. The van der Waals surface area contributed by atoms with Crippen molar-refractivity contribution < 1.29 is 9.53 Å². The van der Waals surface area contributed by atoms with Crippen LogP contribution in [0, 0.1) is 12.8 Å². The number of nitrogens with zero attached hydrogens (tertiary/aromatic N) is 3. The maximum atomic E-state index is 12.7. The molecule has 1 aromatic heterocycles. The van der Waals surface area contributed by atoms with Gasteiger partial charge in [0.2, 0.25) is 0 Å². The summed E-state index contributed by atoms with van der Waals surface area (Å²) < 4.78 is 5.31. The number of rotatable bonds is 4. The number of halogens is 1. The lowest BCUT2D eigenvalue weighted by atomic mass is 9.99. The Morgan fingerprint density at radius 2 is 2.00 bits per heavy atom. The quantitative estimate of drug-likeness (QED) is 0.878. The highest BCUT2D eigenvalue weighted by molar-refractivity contribution is 6.31. The largest absolute Gasteiger partial charge is 0.495 e. The Labute approximate surface area is 158 Å². The highest BCUT2D eigenvalue weighted by Gasteiger charge is 2.19. The van der Waals surface area contributed by atoms with E-state index in [2.05, 4.69) is 27.1 Å². The molecule has 138 valence electrons. The molecule has 1 N–H and O–H groups in total. The summed E-state index contributed by atoms with van der Waals surface area (Å²) in [4.78, 5) is 23.3. The van der Waals surface area contributed by atoms with Gasteiger partial charge in [0, 0.05) is 30.2 Å². The fourth-order valence-corrected chi connectivity index (χ4v) is 3.15. The van der Waals surface area contributed by atoms with Crippen LogP contribution in [0.2, 0.25) is 5.02 Å². The van der Waals surface area contributed by atoms with E-state index in [1.807, 2.05) is 6.92 Å². The molecule has 0 aliphatic carbocycles. The minimum atomic E-state index is -0.306. The van der Waals surface area contributed by atoms with E-state index < -0.39 is 0 Å². The number of carbonyl (C=O) groups is 1. The van der Waals surface area contributed by atoms with Crippen LogP contribution in [0.4, 0.5) is 11.5 Å². The van der Waals surface area contributed by atoms with E-state index in [1.165, 1.54) is 13.4 Å². The summed E-state index contributed by atoms with van der Waals surface area (Å²) in [6, 6.07) is 5.21. The molecule has 1 aliphatic heterocycles. The number of hydrogen-bond donors (Lipinski definition) is 1. The minimum absolute atomic E-state index is 0.306. The zero-order valence-electron chi connectivity index (χ0n) is 15.3. The Bertz CT molecular complexity index is 804. The molecule has 1 aromatic carbocycles. The molecule has 1 amide bonds.